The number of halogens is 2. The minimum Gasteiger partial charge on any atom is -0.338 e. The molecule has 3 aromatic heterocycles. The van der Waals surface area contributed by atoms with Crippen LogP contribution >= 0.6 is 0 Å². The maximum atomic E-state index is 15.1. The summed E-state index contributed by atoms with van der Waals surface area (Å²) in [6.07, 6.45) is 3.61. The highest BCUT2D eigenvalue weighted by Gasteiger charge is 2.58. The third-order valence-electron chi connectivity index (χ3n) is 7.78. The van der Waals surface area contributed by atoms with E-state index in [1.807, 2.05) is 0 Å². The fourth-order valence-electron chi connectivity index (χ4n) is 5.79. The largest absolute Gasteiger partial charge is 0.338 e. The van der Waals surface area contributed by atoms with E-state index in [1.54, 1.807) is 26.8 Å². The number of hydrogen-bond donors (Lipinski definition) is 3. The Kier molecular flexibility index (Phi) is 5.77. The predicted molar refractivity (Wildman–Crippen MR) is 135 cm³/mol. The van der Waals surface area contributed by atoms with Gasteiger partial charge in [0.1, 0.15) is 23.2 Å². The summed E-state index contributed by atoms with van der Waals surface area (Å²) in [5, 5.41) is 19.7. The van der Waals surface area contributed by atoms with Crippen molar-refractivity contribution in [2.75, 3.05) is 5.32 Å². The number of carbonyl (C=O) groups excluding carboxylic acids is 2. The van der Waals surface area contributed by atoms with E-state index in [1.165, 1.54) is 24.4 Å². The van der Waals surface area contributed by atoms with Crippen molar-refractivity contribution in [2.45, 2.75) is 52.0 Å². The Hall–Kier alpha value is -4.48. The zero-order valence-corrected chi connectivity index (χ0v) is 21.4. The van der Waals surface area contributed by atoms with Gasteiger partial charge in [-0.15, -0.1) is 0 Å². The second-order valence-corrected chi connectivity index (χ2v) is 10.4. The topological polar surface area (TPSA) is 139 Å². The number of nitrogens with zero attached hydrogens (tertiary/aromatic N) is 4. The molecule has 200 valence electrons. The van der Waals surface area contributed by atoms with Crippen LogP contribution in [0.2, 0.25) is 0 Å². The number of benzene rings is 1. The summed E-state index contributed by atoms with van der Waals surface area (Å²) in [4.78, 5) is 31.2. The number of pyridine rings is 1. The average molecular weight is 534 g/mol. The molecule has 1 saturated carbocycles. The fourth-order valence-corrected chi connectivity index (χ4v) is 5.79. The van der Waals surface area contributed by atoms with Crippen LogP contribution in [0.15, 0.2) is 35.1 Å². The Morgan fingerprint density at radius 3 is 2.56 bits per heavy atom. The molecule has 39 heavy (non-hydrogen) atoms. The number of rotatable bonds is 6. The molecule has 0 bridgehead atoms. The second kappa shape index (κ2) is 9.07. The summed E-state index contributed by atoms with van der Waals surface area (Å²) < 4.78 is 33.9. The number of H-pyrrole nitrogens is 1. The van der Waals surface area contributed by atoms with Crippen molar-refractivity contribution in [2.24, 2.45) is 5.41 Å². The van der Waals surface area contributed by atoms with Crippen molar-refractivity contribution < 1.29 is 23.0 Å². The number of hydrogen-bond acceptors (Lipinski definition) is 7. The Morgan fingerprint density at radius 1 is 1.13 bits per heavy atom. The Bertz CT molecular complexity index is 1610. The molecule has 1 fully saturated rings. The standard InChI is InChI=1S/C27H25F2N7O3/c1-12-20(13(2)34-33-12)23-19(29)9-17(11-30-23)31-26(38)24(32-25(37)22-14(3)35-39-36-22)21-18-5-4-16(28)8-15(18)10-27(21)6-7-27/h4-5,8-9,11,21,24H,6-7,10H2,1-3H3,(H,31,38)(H,32,37)(H,33,34)/t21?,24-/m0/s1. The number of aryl methyl sites for hydroxylation is 3. The quantitative estimate of drug-likeness (QED) is 0.341. The molecular weight excluding hydrogens is 508 g/mol. The number of aromatic nitrogens is 5. The molecule has 1 spiro atoms. The number of nitrogens with one attached hydrogen (secondary N) is 3. The zero-order chi connectivity index (χ0) is 27.5. The van der Waals surface area contributed by atoms with Gasteiger partial charge in [-0.2, -0.15) is 5.10 Å². The molecule has 2 atom stereocenters. The number of anilines is 1. The molecular formula is C27H25F2N7O3. The highest BCUT2D eigenvalue weighted by molar-refractivity contribution is 6.01. The second-order valence-electron chi connectivity index (χ2n) is 10.4. The lowest BCUT2D eigenvalue weighted by Crippen LogP contribution is -2.49. The molecule has 3 heterocycles. The van der Waals surface area contributed by atoms with Crippen LogP contribution < -0.4 is 10.6 Å². The van der Waals surface area contributed by atoms with E-state index < -0.39 is 29.6 Å². The van der Waals surface area contributed by atoms with Gasteiger partial charge in [-0.1, -0.05) is 11.2 Å². The molecule has 0 radical (unpaired) electrons. The number of fused-ring (bicyclic) bond motifs is 1. The molecule has 4 aromatic rings. The smallest absolute Gasteiger partial charge is 0.276 e. The SMILES string of the molecule is Cc1nonc1C(=O)N[C@H](C(=O)Nc1cnc(-c2c(C)n[nH]c2C)c(F)c1)C1c2ccc(F)cc2CC12CC2. The minimum absolute atomic E-state index is 0.0436. The van der Waals surface area contributed by atoms with Gasteiger partial charge in [0.15, 0.2) is 11.5 Å². The number of amides is 2. The average Bonchev–Trinajstić information content (AvgIpc) is 3.22. The van der Waals surface area contributed by atoms with E-state index in [0.29, 0.717) is 23.4 Å². The van der Waals surface area contributed by atoms with Gasteiger partial charge in [0.25, 0.3) is 5.91 Å². The molecule has 3 N–H and O–H groups in total. The van der Waals surface area contributed by atoms with Crippen LogP contribution in [0.4, 0.5) is 14.5 Å². The molecule has 2 aliphatic carbocycles. The van der Waals surface area contributed by atoms with Crippen LogP contribution in [0.25, 0.3) is 11.3 Å². The van der Waals surface area contributed by atoms with Gasteiger partial charge in [0, 0.05) is 23.2 Å². The molecule has 0 aliphatic heterocycles. The van der Waals surface area contributed by atoms with Gasteiger partial charge >= 0.3 is 0 Å². The van der Waals surface area contributed by atoms with Gasteiger partial charge in [0.2, 0.25) is 5.91 Å². The van der Waals surface area contributed by atoms with Crippen molar-refractivity contribution in [3.8, 4) is 11.3 Å². The first-order valence-corrected chi connectivity index (χ1v) is 12.5. The van der Waals surface area contributed by atoms with Crippen molar-refractivity contribution in [1.29, 1.82) is 0 Å². The molecule has 1 unspecified atom stereocenters. The first-order chi connectivity index (χ1) is 18.7. The Morgan fingerprint density at radius 2 is 1.92 bits per heavy atom. The molecule has 0 saturated heterocycles. The van der Waals surface area contributed by atoms with Crippen molar-refractivity contribution in [1.82, 2.24) is 30.8 Å². The van der Waals surface area contributed by atoms with Crippen LogP contribution in [0.5, 0.6) is 0 Å². The third kappa shape index (κ3) is 4.25. The zero-order valence-electron chi connectivity index (χ0n) is 21.4. The third-order valence-corrected chi connectivity index (χ3v) is 7.78. The van der Waals surface area contributed by atoms with E-state index in [-0.39, 0.29) is 34.0 Å². The van der Waals surface area contributed by atoms with Gasteiger partial charge < -0.3 is 10.6 Å². The minimum atomic E-state index is -1.07. The normalized spacial score (nSPS) is 17.6. The first-order valence-electron chi connectivity index (χ1n) is 12.5. The Balaban J connectivity index is 1.34. The lowest BCUT2D eigenvalue weighted by Gasteiger charge is -2.29. The maximum absolute atomic E-state index is 15.1. The lowest BCUT2D eigenvalue weighted by molar-refractivity contribution is -0.118. The highest BCUT2D eigenvalue weighted by Crippen LogP contribution is 2.64. The van der Waals surface area contributed by atoms with E-state index in [4.69, 9.17) is 0 Å². The van der Waals surface area contributed by atoms with E-state index >= 15 is 4.39 Å². The van der Waals surface area contributed by atoms with Crippen molar-refractivity contribution >= 4 is 17.5 Å². The predicted octanol–water partition coefficient (Wildman–Crippen LogP) is 3.92. The molecule has 12 heteroatoms. The molecule has 6 rings (SSSR count). The lowest BCUT2D eigenvalue weighted by atomic mass is 9.82. The van der Waals surface area contributed by atoms with Gasteiger partial charge in [0.05, 0.1) is 17.6 Å². The maximum Gasteiger partial charge on any atom is 0.276 e. The van der Waals surface area contributed by atoms with Crippen LogP contribution in [0, 0.1) is 37.8 Å². The van der Waals surface area contributed by atoms with E-state index in [2.05, 4.69) is 40.8 Å². The first kappa shape index (κ1) is 24.8. The van der Waals surface area contributed by atoms with E-state index in [9.17, 15) is 14.0 Å². The molecule has 1 aromatic carbocycles. The molecule has 2 aliphatic rings. The summed E-state index contributed by atoms with van der Waals surface area (Å²) in [6.45, 7) is 5.08. The number of carbonyl (C=O) groups is 2. The van der Waals surface area contributed by atoms with Crippen LogP contribution in [-0.2, 0) is 11.2 Å². The Labute approximate surface area is 221 Å². The van der Waals surface area contributed by atoms with Gasteiger partial charge in [-0.3, -0.25) is 19.7 Å². The summed E-state index contributed by atoms with van der Waals surface area (Å²) in [6, 6.07) is 4.62. The van der Waals surface area contributed by atoms with Crippen LogP contribution in [0.3, 0.4) is 0 Å². The monoisotopic (exact) mass is 533 g/mol. The highest BCUT2D eigenvalue weighted by atomic mass is 19.1. The summed E-state index contributed by atoms with van der Waals surface area (Å²) >= 11 is 0. The summed E-state index contributed by atoms with van der Waals surface area (Å²) in [5.74, 6) is -2.61. The van der Waals surface area contributed by atoms with E-state index in [0.717, 1.165) is 24.0 Å². The van der Waals surface area contributed by atoms with Crippen LogP contribution in [0.1, 0.15) is 57.5 Å². The van der Waals surface area contributed by atoms with Crippen molar-refractivity contribution in [3.63, 3.8) is 0 Å². The number of aromatic amines is 1. The van der Waals surface area contributed by atoms with Crippen molar-refractivity contribution in [3.05, 3.63) is 76.0 Å². The van der Waals surface area contributed by atoms with Gasteiger partial charge in [-0.05, 0) is 73.9 Å². The van der Waals surface area contributed by atoms with Crippen LogP contribution in [-0.4, -0.2) is 43.4 Å². The van der Waals surface area contributed by atoms with Gasteiger partial charge in [-0.25, -0.2) is 13.4 Å². The fraction of sp³-hybridized carbons (Fsp3) is 0.333. The summed E-state index contributed by atoms with van der Waals surface area (Å²) in [7, 11) is 0. The molecule has 2 amide bonds. The molecule has 10 nitrogen and oxygen atoms in total. The summed E-state index contributed by atoms with van der Waals surface area (Å²) in [5.41, 5.74) is 3.61.